The fourth-order valence-electron chi connectivity index (χ4n) is 3.75. The molecule has 0 N–H and O–H groups in total. The molecule has 1 fully saturated rings. The van der Waals surface area contributed by atoms with Gasteiger partial charge in [-0.2, -0.15) is 0 Å². The highest BCUT2D eigenvalue weighted by atomic mass is 16.1. The van der Waals surface area contributed by atoms with Crippen LogP contribution in [0.1, 0.15) is 46.7 Å². The van der Waals surface area contributed by atoms with Crippen LogP contribution in [0.5, 0.6) is 0 Å². The van der Waals surface area contributed by atoms with Gasteiger partial charge >= 0.3 is 0 Å². The molecule has 1 unspecified atom stereocenters. The first kappa shape index (κ1) is 12.6. The minimum Gasteiger partial charge on any atom is -0.371 e. The van der Waals surface area contributed by atoms with Crippen LogP contribution in [0.25, 0.3) is 0 Å². The van der Waals surface area contributed by atoms with E-state index in [1.165, 1.54) is 24.0 Å². The lowest BCUT2D eigenvalue weighted by Crippen LogP contribution is -2.20. The van der Waals surface area contributed by atoms with Crippen LogP contribution in [0, 0.1) is 0 Å². The number of carbonyl (C=O) groups excluding carboxylic acids is 1. The Labute approximate surface area is 125 Å². The van der Waals surface area contributed by atoms with Crippen molar-refractivity contribution < 1.29 is 4.79 Å². The van der Waals surface area contributed by atoms with Crippen molar-refractivity contribution in [2.24, 2.45) is 0 Å². The number of hydrogen-bond donors (Lipinski definition) is 0. The van der Waals surface area contributed by atoms with E-state index in [4.69, 9.17) is 0 Å². The van der Waals surface area contributed by atoms with Gasteiger partial charge in [-0.1, -0.05) is 42.5 Å². The standard InChI is InChI=1S/C19H19NO/c21-18-13-16(14-7-2-1-3-8-14)15-9-6-10-17(19(15)18)20-11-4-5-12-20/h1-3,6-10,16H,4-5,11-13H2. The number of ketones is 1. The minimum absolute atomic E-state index is 0.233. The van der Waals surface area contributed by atoms with Crippen LogP contribution in [0.2, 0.25) is 0 Å². The summed E-state index contributed by atoms with van der Waals surface area (Å²) in [6.07, 6.45) is 3.09. The number of rotatable bonds is 2. The molecule has 0 aromatic heterocycles. The lowest BCUT2D eigenvalue weighted by atomic mass is 9.93. The van der Waals surface area contributed by atoms with E-state index in [0.29, 0.717) is 12.2 Å². The molecule has 0 spiro atoms. The molecule has 2 aromatic rings. The minimum atomic E-state index is 0.233. The highest BCUT2D eigenvalue weighted by molar-refractivity contribution is 6.06. The van der Waals surface area contributed by atoms with Crippen molar-refractivity contribution in [3.8, 4) is 0 Å². The van der Waals surface area contributed by atoms with Gasteiger partial charge in [0.1, 0.15) is 0 Å². The lowest BCUT2D eigenvalue weighted by Gasteiger charge is -2.21. The average Bonchev–Trinajstić information content (AvgIpc) is 3.17. The smallest absolute Gasteiger partial charge is 0.166 e. The molecule has 1 aliphatic carbocycles. The molecule has 4 rings (SSSR count). The van der Waals surface area contributed by atoms with Gasteiger partial charge in [0.25, 0.3) is 0 Å². The van der Waals surface area contributed by atoms with E-state index in [9.17, 15) is 4.79 Å². The number of benzene rings is 2. The van der Waals surface area contributed by atoms with Gasteiger partial charge in [-0.05, 0) is 30.0 Å². The third-order valence-corrected chi connectivity index (χ3v) is 4.77. The predicted molar refractivity (Wildman–Crippen MR) is 85.1 cm³/mol. The van der Waals surface area contributed by atoms with E-state index < -0.39 is 0 Å². The van der Waals surface area contributed by atoms with Crippen molar-refractivity contribution in [3.05, 3.63) is 65.2 Å². The van der Waals surface area contributed by atoms with E-state index in [0.717, 1.165) is 24.3 Å². The second kappa shape index (κ2) is 5.03. The highest BCUT2D eigenvalue weighted by Crippen LogP contribution is 2.42. The van der Waals surface area contributed by atoms with Crippen LogP contribution in [0.3, 0.4) is 0 Å². The second-order valence-corrected chi connectivity index (χ2v) is 6.03. The molecule has 2 aliphatic rings. The first-order valence-electron chi connectivity index (χ1n) is 7.80. The summed E-state index contributed by atoms with van der Waals surface area (Å²) in [5, 5.41) is 0. The van der Waals surface area contributed by atoms with Crippen molar-refractivity contribution in [1.29, 1.82) is 0 Å². The zero-order valence-electron chi connectivity index (χ0n) is 12.1. The number of nitrogens with zero attached hydrogens (tertiary/aromatic N) is 1. The Balaban J connectivity index is 1.80. The normalized spacial score (nSPS) is 20.9. The van der Waals surface area contributed by atoms with E-state index in [-0.39, 0.29) is 5.92 Å². The number of hydrogen-bond acceptors (Lipinski definition) is 2. The summed E-state index contributed by atoms with van der Waals surface area (Å²) in [7, 11) is 0. The van der Waals surface area contributed by atoms with Gasteiger partial charge in [-0.25, -0.2) is 0 Å². The van der Waals surface area contributed by atoms with Gasteiger partial charge in [0.05, 0.1) is 0 Å². The molecule has 0 bridgehead atoms. The monoisotopic (exact) mass is 277 g/mol. The summed E-state index contributed by atoms with van der Waals surface area (Å²) in [5.74, 6) is 0.539. The number of fused-ring (bicyclic) bond motifs is 1. The first-order valence-corrected chi connectivity index (χ1v) is 7.80. The van der Waals surface area contributed by atoms with E-state index in [1.54, 1.807) is 0 Å². The Morgan fingerprint density at radius 1 is 0.905 bits per heavy atom. The Morgan fingerprint density at radius 2 is 1.67 bits per heavy atom. The van der Waals surface area contributed by atoms with Crippen molar-refractivity contribution in [2.45, 2.75) is 25.2 Å². The Kier molecular flexibility index (Phi) is 3.03. The number of Topliss-reactive ketones (excluding diaryl/α,β-unsaturated/α-hetero) is 1. The summed E-state index contributed by atoms with van der Waals surface area (Å²) in [4.78, 5) is 15.0. The molecule has 0 saturated carbocycles. The Morgan fingerprint density at radius 3 is 2.43 bits per heavy atom. The van der Waals surface area contributed by atoms with Gasteiger partial charge in [0.2, 0.25) is 0 Å². The summed E-state index contributed by atoms with van der Waals surface area (Å²) >= 11 is 0. The predicted octanol–water partition coefficient (Wildman–Crippen LogP) is 4.01. The number of anilines is 1. The van der Waals surface area contributed by atoms with Crippen LogP contribution in [0.4, 0.5) is 5.69 Å². The summed E-state index contributed by atoms with van der Waals surface area (Å²) < 4.78 is 0. The van der Waals surface area contributed by atoms with Gasteiger partial charge in [-0.3, -0.25) is 4.79 Å². The highest BCUT2D eigenvalue weighted by Gasteiger charge is 2.33. The molecule has 21 heavy (non-hydrogen) atoms. The summed E-state index contributed by atoms with van der Waals surface area (Å²) in [6.45, 7) is 2.17. The van der Waals surface area contributed by atoms with Crippen molar-refractivity contribution in [3.63, 3.8) is 0 Å². The quantitative estimate of drug-likeness (QED) is 0.826. The van der Waals surface area contributed by atoms with Crippen LogP contribution >= 0.6 is 0 Å². The van der Waals surface area contributed by atoms with Gasteiger partial charge in [0.15, 0.2) is 5.78 Å². The molecule has 0 radical (unpaired) electrons. The van der Waals surface area contributed by atoms with Gasteiger partial charge in [-0.15, -0.1) is 0 Å². The molecule has 1 heterocycles. The molecule has 2 aromatic carbocycles. The summed E-state index contributed by atoms with van der Waals surface area (Å²) in [5.41, 5.74) is 4.61. The van der Waals surface area contributed by atoms with Crippen molar-refractivity contribution in [2.75, 3.05) is 18.0 Å². The van der Waals surface area contributed by atoms with Crippen LogP contribution < -0.4 is 4.90 Å². The van der Waals surface area contributed by atoms with Crippen LogP contribution in [-0.2, 0) is 0 Å². The zero-order valence-corrected chi connectivity index (χ0v) is 12.1. The SMILES string of the molecule is O=C1CC(c2ccccc2)c2cccc(N3CCCC3)c21. The Bertz CT molecular complexity index is 671. The molecule has 2 heteroatoms. The average molecular weight is 277 g/mol. The molecule has 1 atom stereocenters. The van der Waals surface area contributed by atoms with E-state index >= 15 is 0 Å². The lowest BCUT2D eigenvalue weighted by molar-refractivity contribution is 0.0992. The maximum absolute atomic E-state index is 12.6. The largest absolute Gasteiger partial charge is 0.371 e. The molecule has 1 saturated heterocycles. The molecule has 1 aliphatic heterocycles. The molecule has 0 amide bonds. The van der Waals surface area contributed by atoms with Crippen LogP contribution in [0.15, 0.2) is 48.5 Å². The summed E-state index contributed by atoms with van der Waals surface area (Å²) in [6, 6.07) is 16.8. The van der Waals surface area contributed by atoms with E-state index in [2.05, 4.69) is 47.4 Å². The molecular weight excluding hydrogens is 258 g/mol. The van der Waals surface area contributed by atoms with Crippen molar-refractivity contribution >= 4 is 11.5 Å². The third kappa shape index (κ3) is 2.06. The van der Waals surface area contributed by atoms with E-state index in [1.807, 2.05) is 6.07 Å². The maximum atomic E-state index is 12.6. The fraction of sp³-hybridized carbons (Fsp3) is 0.316. The van der Waals surface area contributed by atoms with Crippen LogP contribution in [-0.4, -0.2) is 18.9 Å². The molecule has 2 nitrogen and oxygen atoms in total. The fourth-order valence-corrected chi connectivity index (χ4v) is 3.75. The zero-order chi connectivity index (χ0) is 14.2. The first-order chi connectivity index (χ1) is 10.3. The van der Waals surface area contributed by atoms with Crippen molar-refractivity contribution in [1.82, 2.24) is 0 Å². The Hall–Kier alpha value is -2.09. The number of carbonyl (C=O) groups is 1. The van der Waals surface area contributed by atoms with Gasteiger partial charge < -0.3 is 4.90 Å². The molecule has 106 valence electrons. The maximum Gasteiger partial charge on any atom is 0.166 e. The molecular formula is C19H19NO. The topological polar surface area (TPSA) is 20.3 Å². The second-order valence-electron chi connectivity index (χ2n) is 6.03. The third-order valence-electron chi connectivity index (χ3n) is 4.77. The van der Waals surface area contributed by atoms with Gasteiger partial charge in [0, 0.05) is 36.7 Å².